The first-order valence-corrected chi connectivity index (χ1v) is 11.1. The van der Waals surface area contributed by atoms with E-state index in [1.54, 1.807) is 13.0 Å². The van der Waals surface area contributed by atoms with Crippen LogP contribution in [0.15, 0.2) is 42.0 Å². The quantitative estimate of drug-likeness (QED) is 0.204. The van der Waals surface area contributed by atoms with E-state index < -0.39 is 36.4 Å². The number of rotatable bonds is 8. The minimum atomic E-state index is -1.16. The molecule has 0 bridgehead atoms. The first-order chi connectivity index (χ1) is 16.7. The van der Waals surface area contributed by atoms with Gasteiger partial charge in [0.1, 0.15) is 5.57 Å². The van der Waals surface area contributed by atoms with Crippen molar-refractivity contribution in [3.8, 4) is 11.5 Å². The number of carboxylic acids is 1. The Morgan fingerprint density at radius 3 is 2.40 bits per heavy atom. The van der Waals surface area contributed by atoms with Crippen molar-refractivity contribution < 1.29 is 43.3 Å². The first kappa shape index (κ1) is 25.7. The molecule has 0 aromatic heterocycles. The maximum atomic E-state index is 13.1. The molecule has 1 saturated heterocycles. The van der Waals surface area contributed by atoms with Crippen molar-refractivity contribution in [2.75, 3.05) is 25.2 Å². The number of esters is 1. The average Bonchev–Trinajstić information content (AvgIpc) is 2.81. The summed E-state index contributed by atoms with van der Waals surface area (Å²) in [6.07, 6.45) is 1.28. The molecular weight excluding hydrogens is 575 g/mol. The number of ether oxygens (including phenoxy) is 3. The van der Waals surface area contributed by atoms with Crippen LogP contribution in [-0.2, 0) is 19.1 Å². The Kier molecular flexibility index (Phi) is 8.06. The fourth-order valence-electron chi connectivity index (χ4n) is 3.13. The number of carbonyl (C=O) groups excluding carboxylic acids is 4. The molecule has 1 aliphatic heterocycles. The van der Waals surface area contributed by atoms with E-state index in [2.05, 4.69) is 10.1 Å². The van der Waals surface area contributed by atoms with Crippen LogP contribution in [0.5, 0.6) is 11.5 Å². The third-order valence-electron chi connectivity index (χ3n) is 4.63. The van der Waals surface area contributed by atoms with Crippen molar-refractivity contribution in [3.05, 3.63) is 56.7 Å². The van der Waals surface area contributed by atoms with E-state index in [0.29, 0.717) is 9.13 Å². The van der Waals surface area contributed by atoms with Crippen molar-refractivity contribution in [2.45, 2.75) is 6.92 Å². The minimum Gasteiger partial charge on any atom is -0.490 e. The molecule has 2 N–H and O–H groups in total. The van der Waals surface area contributed by atoms with Gasteiger partial charge in [-0.2, -0.15) is 0 Å². The summed E-state index contributed by atoms with van der Waals surface area (Å²) in [7, 11) is 1.23. The van der Waals surface area contributed by atoms with Gasteiger partial charge in [0.2, 0.25) is 0 Å². The van der Waals surface area contributed by atoms with Gasteiger partial charge in [0, 0.05) is 0 Å². The molecule has 35 heavy (non-hydrogen) atoms. The molecule has 12 heteroatoms. The van der Waals surface area contributed by atoms with E-state index >= 15 is 0 Å². The van der Waals surface area contributed by atoms with Gasteiger partial charge in [0.05, 0.1) is 28.5 Å². The highest BCUT2D eigenvalue weighted by atomic mass is 127. The summed E-state index contributed by atoms with van der Waals surface area (Å²) in [5, 5.41) is 11.0. The number of barbiturate groups is 1. The fourth-order valence-corrected chi connectivity index (χ4v) is 3.91. The van der Waals surface area contributed by atoms with Gasteiger partial charge in [0.25, 0.3) is 11.8 Å². The number of hydrogen-bond donors (Lipinski definition) is 2. The van der Waals surface area contributed by atoms with Crippen LogP contribution < -0.4 is 19.7 Å². The second-order valence-electron chi connectivity index (χ2n) is 6.94. The monoisotopic (exact) mass is 594 g/mol. The van der Waals surface area contributed by atoms with E-state index in [4.69, 9.17) is 14.6 Å². The third kappa shape index (κ3) is 5.77. The maximum Gasteiger partial charge on any atom is 0.341 e. The first-order valence-electron chi connectivity index (χ1n) is 10.1. The zero-order chi connectivity index (χ0) is 25.7. The van der Waals surface area contributed by atoms with E-state index in [-0.39, 0.29) is 34.9 Å². The molecule has 4 amide bonds. The highest BCUT2D eigenvalue weighted by molar-refractivity contribution is 14.1. The number of carbonyl (C=O) groups is 5. The molecule has 1 aliphatic rings. The number of nitrogens with one attached hydrogen (secondary N) is 1. The lowest BCUT2D eigenvalue weighted by Crippen LogP contribution is -2.54. The maximum absolute atomic E-state index is 13.1. The Labute approximate surface area is 212 Å². The second-order valence-corrected chi connectivity index (χ2v) is 8.10. The van der Waals surface area contributed by atoms with Crippen molar-refractivity contribution in [1.82, 2.24) is 5.32 Å². The van der Waals surface area contributed by atoms with Gasteiger partial charge in [-0.15, -0.1) is 0 Å². The highest BCUT2D eigenvalue weighted by Gasteiger charge is 2.37. The zero-order valence-corrected chi connectivity index (χ0v) is 20.7. The van der Waals surface area contributed by atoms with Gasteiger partial charge in [0.15, 0.2) is 18.1 Å². The molecule has 1 fully saturated rings. The number of methoxy groups -OCH3 is 1. The third-order valence-corrected chi connectivity index (χ3v) is 5.43. The number of benzene rings is 2. The van der Waals surface area contributed by atoms with Crippen LogP contribution in [0.2, 0.25) is 0 Å². The lowest BCUT2D eigenvalue weighted by atomic mass is 10.1. The van der Waals surface area contributed by atoms with Crippen molar-refractivity contribution in [3.63, 3.8) is 0 Å². The van der Waals surface area contributed by atoms with Crippen LogP contribution in [-0.4, -0.2) is 55.2 Å². The number of carboxylic acid groups (broad SMARTS) is 1. The normalized spacial score (nSPS) is 14.5. The largest absolute Gasteiger partial charge is 0.490 e. The molecule has 0 saturated carbocycles. The van der Waals surface area contributed by atoms with Crippen LogP contribution >= 0.6 is 22.6 Å². The van der Waals surface area contributed by atoms with Crippen LogP contribution in [0.3, 0.4) is 0 Å². The molecule has 0 radical (unpaired) electrons. The predicted octanol–water partition coefficient (Wildman–Crippen LogP) is 2.61. The molecule has 2 aromatic carbocycles. The fraction of sp³-hybridized carbons (Fsp3) is 0.174. The molecule has 2 aromatic rings. The van der Waals surface area contributed by atoms with E-state index in [0.717, 1.165) is 4.90 Å². The Balaban J connectivity index is 1.98. The van der Waals surface area contributed by atoms with E-state index in [9.17, 15) is 24.0 Å². The van der Waals surface area contributed by atoms with Gasteiger partial charge in [-0.05, 0) is 77.6 Å². The van der Waals surface area contributed by atoms with Gasteiger partial charge in [-0.25, -0.2) is 19.3 Å². The van der Waals surface area contributed by atoms with Gasteiger partial charge in [-0.1, -0.05) is 0 Å². The van der Waals surface area contributed by atoms with Gasteiger partial charge in [-0.3, -0.25) is 14.9 Å². The summed E-state index contributed by atoms with van der Waals surface area (Å²) in [6, 6.07) is 7.64. The molecule has 0 atom stereocenters. The van der Waals surface area contributed by atoms with Crippen LogP contribution in [0.1, 0.15) is 22.8 Å². The van der Waals surface area contributed by atoms with E-state index in [1.807, 2.05) is 22.6 Å². The lowest BCUT2D eigenvalue weighted by Gasteiger charge is -2.26. The summed E-state index contributed by atoms with van der Waals surface area (Å²) < 4.78 is 16.0. The van der Waals surface area contributed by atoms with Gasteiger partial charge < -0.3 is 19.3 Å². The predicted molar refractivity (Wildman–Crippen MR) is 130 cm³/mol. The average molecular weight is 594 g/mol. The summed E-state index contributed by atoms with van der Waals surface area (Å²) in [5.74, 6) is -3.08. The molecule has 0 spiro atoms. The van der Waals surface area contributed by atoms with Crippen molar-refractivity contribution in [2.24, 2.45) is 0 Å². The van der Waals surface area contributed by atoms with Crippen molar-refractivity contribution in [1.29, 1.82) is 0 Å². The topological polar surface area (TPSA) is 149 Å². The summed E-state index contributed by atoms with van der Waals surface area (Å²) in [5.41, 5.74) is 0.421. The molecule has 182 valence electrons. The number of amides is 4. The Morgan fingerprint density at radius 1 is 1.11 bits per heavy atom. The number of imide groups is 2. The number of hydrogen-bond acceptors (Lipinski definition) is 8. The molecule has 1 heterocycles. The van der Waals surface area contributed by atoms with Crippen LogP contribution in [0.4, 0.5) is 10.5 Å². The molecule has 0 unspecified atom stereocenters. The number of anilines is 1. The lowest BCUT2D eigenvalue weighted by molar-refractivity contribution is -0.139. The van der Waals surface area contributed by atoms with Gasteiger partial charge >= 0.3 is 18.0 Å². The van der Waals surface area contributed by atoms with E-state index in [1.165, 1.54) is 43.5 Å². The molecule has 0 aliphatic carbocycles. The van der Waals surface area contributed by atoms with Crippen LogP contribution in [0, 0.1) is 3.57 Å². The highest BCUT2D eigenvalue weighted by Crippen LogP contribution is 2.35. The molecular formula is C23H19IN2O9. The Hall–Kier alpha value is -3.94. The smallest absolute Gasteiger partial charge is 0.341 e. The number of aliphatic carboxylic acids is 1. The molecule has 3 rings (SSSR count). The second kappa shape index (κ2) is 11.0. The summed E-state index contributed by atoms with van der Waals surface area (Å²) in [4.78, 5) is 61.3. The SMILES string of the molecule is CCOc1cc(/C=C2\C(=O)NC(=O)N(c3ccc(C(=O)OC)cc3)C2=O)cc(I)c1OCC(=O)O. The number of nitrogens with zero attached hydrogens (tertiary/aromatic N) is 1. The number of urea groups is 1. The zero-order valence-electron chi connectivity index (χ0n) is 18.5. The Bertz CT molecular complexity index is 1240. The standard InChI is InChI=1S/C23H19IN2O9/c1-3-34-17-10-12(9-16(24)19(17)35-11-18(27)28)8-15-20(29)25-23(32)26(21(15)30)14-6-4-13(5-7-14)22(31)33-2/h4-10H,3,11H2,1-2H3,(H,27,28)(H,25,29,32)/b15-8+. The minimum absolute atomic E-state index is 0.139. The Morgan fingerprint density at radius 2 is 1.80 bits per heavy atom. The summed E-state index contributed by atoms with van der Waals surface area (Å²) >= 11 is 1.92. The summed E-state index contributed by atoms with van der Waals surface area (Å²) in [6.45, 7) is 1.40. The molecule has 11 nitrogen and oxygen atoms in total. The number of halogens is 1. The van der Waals surface area contributed by atoms with Crippen LogP contribution in [0.25, 0.3) is 6.08 Å². The van der Waals surface area contributed by atoms with Crippen molar-refractivity contribution >= 4 is 64.1 Å².